The van der Waals surface area contributed by atoms with Crippen molar-refractivity contribution in [2.24, 2.45) is 5.73 Å². The minimum absolute atomic E-state index is 0.253. The van der Waals surface area contributed by atoms with E-state index < -0.39 is 36.0 Å². The number of hydrogen-bond donors (Lipinski definition) is 3. The predicted octanol–water partition coefficient (Wildman–Crippen LogP) is -0.589. The fourth-order valence-electron chi connectivity index (χ4n) is 2.84. The van der Waals surface area contributed by atoms with Crippen LogP contribution in [0.25, 0.3) is 0 Å². The molecular weight excluding hydrogens is 304 g/mol. The first-order valence-electron chi connectivity index (χ1n) is 6.90. The first-order valence-corrected chi connectivity index (χ1v) is 6.90. The summed E-state index contributed by atoms with van der Waals surface area (Å²) in [4.78, 5) is 48.0. The summed E-state index contributed by atoms with van der Waals surface area (Å²) in [5.74, 6) is -0.882. The number of nitrogens with zero attached hydrogens (tertiary/aromatic N) is 1. The zero-order valence-corrected chi connectivity index (χ0v) is 12.0. The fourth-order valence-corrected chi connectivity index (χ4v) is 2.84. The molecule has 6 amide bonds. The molecule has 4 N–H and O–H groups in total. The van der Waals surface area contributed by atoms with E-state index >= 15 is 0 Å². The molecule has 1 atom stereocenters. The zero-order valence-electron chi connectivity index (χ0n) is 12.0. The van der Waals surface area contributed by atoms with Crippen molar-refractivity contribution in [2.45, 2.75) is 12.0 Å². The number of nitrogens with two attached hydrogens (primary N) is 1. The molecule has 0 radical (unpaired) electrons. The van der Waals surface area contributed by atoms with Gasteiger partial charge in [0.05, 0.1) is 6.61 Å². The molecule has 0 unspecified atom stereocenters. The Labute approximate surface area is 130 Å². The summed E-state index contributed by atoms with van der Waals surface area (Å²) in [6, 6.07) is 5.14. The van der Waals surface area contributed by atoms with Crippen LogP contribution >= 0.6 is 0 Å². The third-order valence-electron chi connectivity index (χ3n) is 3.82. The summed E-state index contributed by atoms with van der Waals surface area (Å²) in [5.41, 5.74) is 4.14. The molecule has 0 bridgehead atoms. The summed E-state index contributed by atoms with van der Waals surface area (Å²) in [6.45, 7) is -0.331. The van der Waals surface area contributed by atoms with E-state index in [-0.39, 0.29) is 13.0 Å². The number of imide groups is 2. The monoisotopic (exact) mass is 318 g/mol. The van der Waals surface area contributed by atoms with Crippen LogP contribution in [0.1, 0.15) is 12.0 Å². The summed E-state index contributed by atoms with van der Waals surface area (Å²) >= 11 is 0. The number of benzene rings is 1. The summed E-state index contributed by atoms with van der Waals surface area (Å²) < 4.78 is 5.50. The van der Waals surface area contributed by atoms with E-state index in [1.807, 2.05) is 5.32 Å². The van der Waals surface area contributed by atoms with Crippen LogP contribution in [0, 0.1) is 0 Å². The van der Waals surface area contributed by atoms with Crippen molar-refractivity contribution in [2.75, 3.05) is 13.2 Å². The molecule has 2 aliphatic rings. The van der Waals surface area contributed by atoms with Gasteiger partial charge in [-0.2, -0.15) is 0 Å². The van der Waals surface area contributed by atoms with Gasteiger partial charge in [0.2, 0.25) is 5.91 Å². The van der Waals surface area contributed by atoms with Gasteiger partial charge in [0.15, 0.2) is 5.54 Å². The second-order valence-corrected chi connectivity index (χ2v) is 5.23. The first kappa shape index (κ1) is 14.8. The molecule has 23 heavy (non-hydrogen) atoms. The Bertz CT molecular complexity index is 719. The minimum Gasteiger partial charge on any atom is -0.493 e. The number of hydrogen-bond acceptors (Lipinski definition) is 5. The number of primary amides is 1. The normalized spacial score (nSPS) is 22.3. The van der Waals surface area contributed by atoms with E-state index in [4.69, 9.17) is 10.5 Å². The van der Waals surface area contributed by atoms with E-state index in [0.717, 1.165) is 4.90 Å². The number of urea groups is 2. The van der Waals surface area contributed by atoms with Crippen molar-refractivity contribution in [3.63, 3.8) is 0 Å². The lowest BCUT2D eigenvalue weighted by molar-refractivity contribution is -0.135. The van der Waals surface area contributed by atoms with Crippen molar-refractivity contribution in [1.82, 2.24) is 15.5 Å². The molecule has 1 aromatic carbocycles. The Morgan fingerprint density at radius 3 is 2.83 bits per heavy atom. The van der Waals surface area contributed by atoms with Crippen LogP contribution in [0.15, 0.2) is 24.3 Å². The molecule has 2 heterocycles. The number of fused-ring (bicyclic) bond motifs is 2. The predicted molar refractivity (Wildman–Crippen MR) is 76.2 cm³/mol. The Hall–Kier alpha value is -3.10. The number of para-hydroxylation sites is 1. The lowest BCUT2D eigenvalue weighted by Gasteiger charge is -2.33. The number of rotatable bonds is 2. The van der Waals surface area contributed by atoms with E-state index in [1.54, 1.807) is 24.3 Å². The maximum absolute atomic E-state index is 12.8. The number of amides is 6. The van der Waals surface area contributed by atoms with Crippen molar-refractivity contribution in [1.29, 1.82) is 0 Å². The number of carbonyl (C=O) groups excluding carboxylic acids is 4. The molecular formula is C14H14N4O5. The highest BCUT2D eigenvalue weighted by Gasteiger charge is 2.55. The average Bonchev–Trinajstić information content (AvgIpc) is 2.72. The Morgan fingerprint density at radius 2 is 2.09 bits per heavy atom. The molecule has 2 aliphatic heterocycles. The van der Waals surface area contributed by atoms with Crippen LogP contribution in [0.3, 0.4) is 0 Å². The van der Waals surface area contributed by atoms with Gasteiger partial charge in [-0.15, -0.1) is 0 Å². The summed E-state index contributed by atoms with van der Waals surface area (Å²) in [6.07, 6.45) is 0.253. The van der Waals surface area contributed by atoms with Gasteiger partial charge < -0.3 is 15.8 Å². The Morgan fingerprint density at radius 1 is 1.35 bits per heavy atom. The van der Waals surface area contributed by atoms with Crippen molar-refractivity contribution < 1.29 is 23.9 Å². The first-order chi connectivity index (χ1) is 10.9. The minimum atomic E-state index is -1.25. The molecule has 120 valence electrons. The largest absolute Gasteiger partial charge is 0.493 e. The highest BCUT2D eigenvalue weighted by Crippen LogP contribution is 2.40. The van der Waals surface area contributed by atoms with Gasteiger partial charge in [-0.25, -0.2) is 9.59 Å². The molecule has 0 aliphatic carbocycles. The molecule has 3 rings (SSSR count). The van der Waals surface area contributed by atoms with Crippen LogP contribution in [-0.4, -0.2) is 41.9 Å². The van der Waals surface area contributed by atoms with Crippen LogP contribution in [0.5, 0.6) is 5.75 Å². The summed E-state index contributed by atoms with van der Waals surface area (Å²) in [5, 5.41) is 4.47. The van der Waals surface area contributed by atoms with E-state index in [0.29, 0.717) is 11.3 Å². The van der Waals surface area contributed by atoms with Crippen molar-refractivity contribution in [3.8, 4) is 5.75 Å². The van der Waals surface area contributed by atoms with Gasteiger partial charge in [0.25, 0.3) is 5.91 Å². The molecule has 9 nitrogen and oxygen atoms in total. The Kier molecular flexibility index (Phi) is 3.40. The third kappa shape index (κ3) is 2.35. The second-order valence-electron chi connectivity index (χ2n) is 5.23. The average molecular weight is 318 g/mol. The fraction of sp³-hybridized carbons (Fsp3) is 0.286. The number of nitrogens with one attached hydrogen (secondary N) is 2. The highest BCUT2D eigenvalue weighted by molar-refractivity contribution is 6.10. The maximum Gasteiger partial charge on any atom is 0.325 e. The van der Waals surface area contributed by atoms with Crippen LogP contribution in [0.2, 0.25) is 0 Å². The molecule has 1 aromatic rings. The summed E-state index contributed by atoms with van der Waals surface area (Å²) in [7, 11) is 0. The van der Waals surface area contributed by atoms with Gasteiger partial charge in [0.1, 0.15) is 12.3 Å². The molecule has 1 saturated heterocycles. The van der Waals surface area contributed by atoms with E-state index in [1.165, 1.54) is 0 Å². The molecule has 1 fully saturated rings. The lowest BCUT2D eigenvalue weighted by atomic mass is 9.84. The van der Waals surface area contributed by atoms with Crippen LogP contribution in [0.4, 0.5) is 9.59 Å². The molecule has 0 saturated carbocycles. The quantitative estimate of drug-likeness (QED) is 0.627. The van der Waals surface area contributed by atoms with Gasteiger partial charge >= 0.3 is 12.1 Å². The molecule has 1 spiro atoms. The molecule has 0 aromatic heterocycles. The Balaban J connectivity index is 1.90. The maximum atomic E-state index is 12.8. The highest BCUT2D eigenvalue weighted by atomic mass is 16.5. The van der Waals surface area contributed by atoms with Crippen LogP contribution < -0.4 is 21.1 Å². The van der Waals surface area contributed by atoms with Crippen molar-refractivity contribution in [3.05, 3.63) is 29.8 Å². The van der Waals surface area contributed by atoms with Gasteiger partial charge in [-0.1, -0.05) is 18.2 Å². The SMILES string of the molecule is NC(=O)NC(=O)CN1C(=O)N[C@]2(CCOc3ccccc32)C1=O. The van der Waals surface area contributed by atoms with E-state index in [2.05, 4.69) is 5.32 Å². The van der Waals surface area contributed by atoms with Gasteiger partial charge in [-0.05, 0) is 6.07 Å². The van der Waals surface area contributed by atoms with Gasteiger partial charge in [-0.3, -0.25) is 19.8 Å². The zero-order chi connectivity index (χ0) is 16.6. The third-order valence-corrected chi connectivity index (χ3v) is 3.82. The smallest absolute Gasteiger partial charge is 0.325 e. The second kappa shape index (κ2) is 5.27. The van der Waals surface area contributed by atoms with E-state index in [9.17, 15) is 19.2 Å². The molecule has 9 heteroatoms. The number of ether oxygens (including phenoxy) is 1. The standard InChI is InChI=1S/C14H14N4O5/c15-12(21)16-10(19)7-18-11(20)14(17-13(18)22)5-6-23-9-4-2-1-3-8(9)14/h1-4H,5-7H2,(H,17,22)(H3,15,16,19,21)/t14-/m0/s1. The number of carbonyl (C=O) groups is 4. The van der Waals surface area contributed by atoms with Gasteiger partial charge in [0, 0.05) is 12.0 Å². The lowest BCUT2D eigenvalue weighted by Crippen LogP contribution is -2.48. The van der Waals surface area contributed by atoms with Crippen LogP contribution in [-0.2, 0) is 15.1 Å². The van der Waals surface area contributed by atoms with Crippen molar-refractivity contribution >= 4 is 23.9 Å². The topological polar surface area (TPSA) is 131 Å².